The van der Waals surface area contributed by atoms with E-state index in [1.165, 1.54) is 12.1 Å². The first-order valence-corrected chi connectivity index (χ1v) is 9.75. The van der Waals surface area contributed by atoms with E-state index in [0.29, 0.717) is 32.5 Å². The minimum absolute atomic E-state index is 0.0318. The molecule has 5 nitrogen and oxygen atoms in total. The molecule has 1 atom stereocenters. The number of piperidine rings is 1. The Morgan fingerprint density at radius 1 is 1.00 bits per heavy atom. The summed E-state index contributed by atoms with van der Waals surface area (Å²) in [7, 11) is 0. The maximum absolute atomic E-state index is 13.1. The van der Waals surface area contributed by atoms with Crippen LogP contribution >= 0.6 is 0 Å². The third-order valence-corrected chi connectivity index (χ3v) is 5.34. The molecule has 2 fully saturated rings. The van der Waals surface area contributed by atoms with Crippen molar-refractivity contribution in [1.82, 2.24) is 9.80 Å². The topological polar surface area (TPSA) is 49.9 Å². The summed E-state index contributed by atoms with van der Waals surface area (Å²) in [5, 5.41) is 0. The molecule has 2 amide bonds. The maximum Gasteiger partial charge on any atom is 0.410 e. The van der Waals surface area contributed by atoms with Gasteiger partial charge in [0.25, 0.3) is 0 Å². The zero-order valence-electron chi connectivity index (χ0n) is 16.4. The number of nitrogens with zero attached hydrogens (tertiary/aromatic N) is 2. The Labute approximate surface area is 160 Å². The minimum atomic E-state index is -0.505. The van der Waals surface area contributed by atoms with E-state index in [-0.39, 0.29) is 29.7 Å². The molecule has 0 aromatic heterocycles. The van der Waals surface area contributed by atoms with Gasteiger partial charge in [0.2, 0.25) is 5.91 Å². The molecule has 27 heavy (non-hydrogen) atoms. The van der Waals surface area contributed by atoms with E-state index in [4.69, 9.17) is 4.74 Å². The Balaban J connectivity index is 1.50. The summed E-state index contributed by atoms with van der Waals surface area (Å²) in [5.74, 6) is 0.192. The van der Waals surface area contributed by atoms with Gasteiger partial charge in [-0.15, -0.1) is 0 Å². The number of halogens is 1. The van der Waals surface area contributed by atoms with E-state index in [2.05, 4.69) is 0 Å². The van der Waals surface area contributed by atoms with Crippen molar-refractivity contribution in [3.63, 3.8) is 0 Å². The van der Waals surface area contributed by atoms with E-state index < -0.39 is 5.60 Å². The number of carbonyl (C=O) groups is 2. The van der Waals surface area contributed by atoms with Gasteiger partial charge >= 0.3 is 6.09 Å². The van der Waals surface area contributed by atoms with E-state index in [1.807, 2.05) is 37.8 Å². The van der Waals surface area contributed by atoms with Crippen LogP contribution in [0.4, 0.5) is 9.18 Å². The molecule has 1 aromatic carbocycles. The maximum atomic E-state index is 13.1. The van der Waals surface area contributed by atoms with Gasteiger partial charge in [-0.05, 0) is 57.7 Å². The van der Waals surface area contributed by atoms with E-state index in [9.17, 15) is 14.0 Å². The molecule has 0 unspecified atom stereocenters. The minimum Gasteiger partial charge on any atom is -0.444 e. The average molecular weight is 376 g/mol. The van der Waals surface area contributed by atoms with Crippen molar-refractivity contribution >= 4 is 12.0 Å². The second kappa shape index (κ2) is 7.87. The molecule has 148 valence electrons. The highest BCUT2D eigenvalue weighted by Crippen LogP contribution is 2.30. The molecule has 0 N–H and O–H groups in total. The first kappa shape index (κ1) is 19.6. The molecule has 3 rings (SSSR count). The number of carbonyl (C=O) groups excluding carboxylic acids is 2. The first-order chi connectivity index (χ1) is 12.7. The van der Waals surface area contributed by atoms with Crippen LogP contribution in [0.2, 0.25) is 0 Å². The van der Waals surface area contributed by atoms with Crippen LogP contribution in [0.5, 0.6) is 0 Å². The average Bonchev–Trinajstić information content (AvgIpc) is 3.10. The molecule has 0 bridgehead atoms. The molecule has 0 saturated carbocycles. The van der Waals surface area contributed by atoms with Crippen LogP contribution in [0.15, 0.2) is 24.3 Å². The lowest BCUT2D eigenvalue weighted by molar-refractivity contribution is -0.136. The van der Waals surface area contributed by atoms with Gasteiger partial charge < -0.3 is 14.5 Å². The van der Waals surface area contributed by atoms with E-state index in [1.54, 1.807) is 4.90 Å². The third kappa shape index (κ3) is 4.99. The summed E-state index contributed by atoms with van der Waals surface area (Å²) >= 11 is 0. The third-order valence-electron chi connectivity index (χ3n) is 5.34. The lowest BCUT2D eigenvalue weighted by Crippen LogP contribution is -2.45. The fourth-order valence-electron chi connectivity index (χ4n) is 3.86. The highest BCUT2D eigenvalue weighted by molar-refractivity contribution is 5.79. The van der Waals surface area contributed by atoms with E-state index >= 15 is 0 Å². The number of likely N-dealkylation sites (tertiary alicyclic amines) is 2. The highest BCUT2D eigenvalue weighted by atomic mass is 19.1. The molecule has 6 heteroatoms. The van der Waals surface area contributed by atoms with Crippen molar-refractivity contribution in [3.8, 4) is 0 Å². The predicted octanol–water partition coefficient (Wildman–Crippen LogP) is 3.79. The number of hydrogen-bond donors (Lipinski definition) is 0. The quantitative estimate of drug-likeness (QED) is 0.789. The Morgan fingerprint density at radius 3 is 2.19 bits per heavy atom. The van der Waals surface area contributed by atoms with Crippen molar-refractivity contribution in [3.05, 3.63) is 35.6 Å². The first-order valence-electron chi connectivity index (χ1n) is 9.75. The van der Waals surface area contributed by atoms with Crippen molar-refractivity contribution < 1.29 is 18.7 Å². The predicted molar refractivity (Wildman–Crippen MR) is 101 cm³/mol. The number of rotatable bonds is 2. The Kier molecular flexibility index (Phi) is 5.72. The smallest absolute Gasteiger partial charge is 0.410 e. The standard InChI is InChI=1S/C21H29FN2O3/c1-21(2,3)27-20(26)23-11-8-16(9-12-23)19(25)24-13-10-17(14-24)15-4-6-18(22)7-5-15/h4-7,16-17H,8-14H2,1-3H3/t17-/m0/s1. The van der Waals surface area contributed by atoms with Crippen molar-refractivity contribution in [1.29, 1.82) is 0 Å². The second-order valence-corrected chi connectivity index (χ2v) is 8.56. The van der Waals surface area contributed by atoms with Crippen molar-refractivity contribution in [2.24, 2.45) is 5.92 Å². The van der Waals surface area contributed by atoms with Crippen LogP contribution in [0.25, 0.3) is 0 Å². The molecule has 1 aromatic rings. The summed E-state index contributed by atoms with van der Waals surface area (Å²) in [4.78, 5) is 28.6. The molecule has 2 heterocycles. The number of hydrogen-bond acceptors (Lipinski definition) is 3. The zero-order valence-corrected chi connectivity index (χ0v) is 16.4. The largest absolute Gasteiger partial charge is 0.444 e. The summed E-state index contributed by atoms with van der Waals surface area (Å²) in [6.07, 6.45) is 1.96. The van der Waals surface area contributed by atoms with Crippen LogP contribution in [0, 0.1) is 11.7 Å². The number of benzene rings is 1. The van der Waals surface area contributed by atoms with Gasteiger partial charge in [0.15, 0.2) is 0 Å². The lowest BCUT2D eigenvalue weighted by Gasteiger charge is -2.34. The molecule has 2 aliphatic rings. The van der Waals surface area contributed by atoms with Crippen LogP contribution in [0.1, 0.15) is 51.5 Å². The summed E-state index contributed by atoms with van der Waals surface area (Å²) < 4.78 is 18.5. The number of ether oxygens (including phenoxy) is 1. The zero-order chi connectivity index (χ0) is 19.6. The molecule has 2 saturated heterocycles. The van der Waals surface area contributed by atoms with Gasteiger partial charge in [0, 0.05) is 38.0 Å². The fraction of sp³-hybridized carbons (Fsp3) is 0.619. The van der Waals surface area contributed by atoms with Crippen LogP contribution in [-0.4, -0.2) is 53.6 Å². The Bertz CT molecular complexity index is 676. The lowest BCUT2D eigenvalue weighted by atomic mass is 9.95. The molecule has 0 spiro atoms. The Morgan fingerprint density at radius 2 is 1.59 bits per heavy atom. The van der Waals surface area contributed by atoms with Gasteiger partial charge in [-0.2, -0.15) is 0 Å². The SMILES string of the molecule is CC(C)(C)OC(=O)N1CCC(C(=O)N2CC[C@H](c3ccc(F)cc3)C2)CC1. The normalized spacial score (nSPS) is 21.4. The fourth-order valence-corrected chi connectivity index (χ4v) is 3.86. The molecule has 2 aliphatic heterocycles. The second-order valence-electron chi connectivity index (χ2n) is 8.56. The summed E-state index contributed by atoms with van der Waals surface area (Å²) in [6.45, 7) is 8.11. The van der Waals surface area contributed by atoms with Gasteiger partial charge in [-0.25, -0.2) is 9.18 Å². The molecule has 0 radical (unpaired) electrons. The number of amides is 2. The van der Waals surface area contributed by atoms with E-state index in [0.717, 1.165) is 18.5 Å². The summed E-state index contributed by atoms with van der Waals surface area (Å²) in [6, 6.07) is 6.58. The monoisotopic (exact) mass is 376 g/mol. The molecular weight excluding hydrogens is 347 g/mol. The highest BCUT2D eigenvalue weighted by Gasteiger charge is 2.35. The van der Waals surface area contributed by atoms with Crippen molar-refractivity contribution in [2.75, 3.05) is 26.2 Å². The summed E-state index contributed by atoms with van der Waals surface area (Å²) in [5.41, 5.74) is 0.584. The van der Waals surface area contributed by atoms with Gasteiger partial charge in [-0.3, -0.25) is 4.79 Å². The molecule has 0 aliphatic carbocycles. The van der Waals surface area contributed by atoms with Gasteiger partial charge in [0.05, 0.1) is 0 Å². The van der Waals surface area contributed by atoms with Crippen LogP contribution in [-0.2, 0) is 9.53 Å². The van der Waals surface area contributed by atoms with Gasteiger partial charge in [-0.1, -0.05) is 12.1 Å². The molecular formula is C21H29FN2O3. The van der Waals surface area contributed by atoms with Gasteiger partial charge in [0.1, 0.15) is 11.4 Å². The van der Waals surface area contributed by atoms with Crippen molar-refractivity contribution in [2.45, 2.75) is 51.6 Å². The Hall–Kier alpha value is -2.11. The van der Waals surface area contributed by atoms with Crippen LogP contribution < -0.4 is 0 Å². The van der Waals surface area contributed by atoms with Crippen LogP contribution in [0.3, 0.4) is 0 Å².